The van der Waals surface area contributed by atoms with Crippen LogP contribution in [0.3, 0.4) is 0 Å². The maximum absolute atomic E-state index is 11.3. The van der Waals surface area contributed by atoms with Crippen molar-refractivity contribution in [3.63, 3.8) is 0 Å². The van der Waals surface area contributed by atoms with Crippen LogP contribution in [0.15, 0.2) is 0 Å². The number of hydrogen-bond acceptors (Lipinski definition) is 6. The summed E-state index contributed by atoms with van der Waals surface area (Å²) < 4.78 is 25.8. The van der Waals surface area contributed by atoms with Crippen LogP contribution in [0.1, 0.15) is 19.3 Å². The Hall–Kier alpha value is -0.690. The average Bonchev–Trinajstić information content (AvgIpc) is 2.36. The van der Waals surface area contributed by atoms with Gasteiger partial charge in [0.15, 0.2) is 5.79 Å². The van der Waals surface area contributed by atoms with Crippen molar-refractivity contribution in [1.82, 2.24) is 0 Å². The highest BCUT2D eigenvalue weighted by Gasteiger charge is 2.40. The Morgan fingerprint density at radius 1 is 1.41 bits per heavy atom. The molecule has 0 aromatic carbocycles. The van der Waals surface area contributed by atoms with E-state index in [1.165, 1.54) is 14.2 Å². The van der Waals surface area contributed by atoms with Crippen molar-refractivity contribution in [3.8, 4) is 0 Å². The minimum Gasteiger partial charge on any atom is -0.469 e. The van der Waals surface area contributed by atoms with Crippen molar-refractivity contribution in [3.05, 3.63) is 0 Å². The van der Waals surface area contributed by atoms with Gasteiger partial charge in [0.05, 0.1) is 26.2 Å². The van der Waals surface area contributed by atoms with Crippen molar-refractivity contribution in [2.45, 2.75) is 31.2 Å². The molecule has 1 rings (SSSR count). The summed E-state index contributed by atoms with van der Waals surface area (Å²) in [6.07, 6.45) is 1.28. The molecule has 100 valence electrons. The zero-order valence-corrected chi connectivity index (χ0v) is 10.6. The highest BCUT2D eigenvalue weighted by molar-refractivity contribution is 5.70. The summed E-state index contributed by atoms with van der Waals surface area (Å²) in [6, 6.07) is 0. The van der Waals surface area contributed by atoms with E-state index in [0.29, 0.717) is 13.0 Å². The van der Waals surface area contributed by atoms with Gasteiger partial charge in [0.1, 0.15) is 6.79 Å². The smallest absolute Gasteiger partial charge is 0.310 e. The summed E-state index contributed by atoms with van der Waals surface area (Å²) in [5.41, 5.74) is 0. The molecule has 0 bridgehead atoms. The fourth-order valence-electron chi connectivity index (χ4n) is 1.82. The van der Waals surface area contributed by atoms with E-state index < -0.39 is 5.79 Å². The van der Waals surface area contributed by atoms with E-state index in [-0.39, 0.29) is 25.3 Å². The molecule has 0 saturated carbocycles. The molecule has 17 heavy (non-hydrogen) atoms. The molecule has 0 spiro atoms. The number of esters is 1. The summed E-state index contributed by atoms with van der Waals surface area (Å²) in [4.78, 5) is 11.3. The molecule has 0 aliphatic carbocycles. The zero-order chi connectivity index (χ0) is 12.7. The quantitative estimate of drug-likeness (QED) is 0.509. The first-order valence-electron chi connectivity index (χ1n) is 5.52. The number of methoxy groups -OCH3 is 3. The van der Waals surface area contributed by atoms with E-state index >= 15 is 0 Å². The summed E-state index contributed by atoms with van der Waals surface area (Å²) in [5.74, 6) is -1.30. The molecule has 0 N–H and O–H groups in total. The minimum atomic E-state index is -0.941. The zero-order valence-electron chi connectivity index (χ0n) is 10.6. The third kappa shape index (κ3) is 4.23. The highest BCUT2D eigenvalue weighted by atomic mass is 16.7. The van der Waals surface area contributed by atoms with E-state index in [1.807, 2.05) is 0 Å². The maximum Gasteiger partial charge on any atom is 0.310 e. The van der Waals surface area contributed by atoms with Crippen LogP contribution in [0.25, 0.3) is 0 Å². The fraction of sp³-hybridized carbons (Fsp3) is 0.909. The van der Waals surface area contributed by atoms with Gasteiger partial charge >= 0.3 is 5.97 Å². The van der Waals surface area contributed by atoms with Gasteiger partial charge < -0.3 is 23.7 Å². The lowest BCUT2D eigenvalue weighted by Gasteiger charge is -2.38. The predicted molar refractivity (Wildman–Crippen MR) is 58.3 cm³/mol. The number of rotatable bonds is 6. The summed E-state index contributed by atoms with van der Waals surface area (Å²) >= 11 is 0. The molecule has 1 aliphatic heterocycles. The average molecular weight is 248 g/mol. The SMILES string of the molecule is COCO[C@@H]1CCO[C@@](CC(=O)OC)(OC)C1. The fourth-order valence-corrected chi connectivity index (χ4v) is 1.82. The van der Waals surface area contributed by atoms with Gasteiger partial charge in [-0.2, -0.15) is 0 Å². The molecule has 0 aromatic rings. The third-order valence-electron chi connectivity index (χ3n) is 2.78. The normalized spacial score (nSPS) is 29.0. The van der Waals surface area contributed by atoms with Gasteiger partial charge in [0, 0.05) is 20.6 Å². The number of carbonyl (C=O) groups is 1. The Morgan fingerprint density at radius 2 is 2.18 bits per heavy atom. The topological polar surface area (TPSA) is 63.2 Å². The molecule has 6 heteroatoms. The first-order chi connectivity index (χ1) is 8.15. The van der Waals surface area contributed by atoms with E-state index in [4.69, 9.17) is 18.9 Å². The van der Waals surface area contributed by atoms with Crippen LogP contribution in [0.5, 0.6) is 0 Å². The molecule has 0 radical (unpaired) electrons. The molecule has 1 fully saturated rings. The number of hydrogen-bond donors (Lipinski definition) is 0. The molecule has 1 aliphatic rings. The first kappa shape index (κ1) is 14.4. The Kier molecular flexibility index (Phi) is 5.84. The molecular formula is C11H20O6. The van der Waals surface area contributed by atoms with Gasteiger partial charge in [0.25, 0.3) is 0 Å². The van der Waals surface area contributed by atoms with Crippen LogP contribution < -0.4 is 0 Å². The molecule has 6 nitrogen and oxygen atoms in total. The van der Waals surface area contributed by atoms with Crippen LogP contribution in [0.2, 0.25) is 0 Å². The summed E-state index contributed by atoms with van der Waals surface area (Å²) in [5, 5.41) is 0. The lowest BCUT2D eigenvalue weighted by atomic mass is 9.99. The lowest BCUT2D eigenvalue weighted by Crippen LogP contribution is -2.46. The van der Waals surface area contributed by atoms with E-state index in [9.17, 15) is 4.79 Å². The van der Waals surface area contributed by atoms with Crippen molar-refractivity contribution in [1.29, 1.82) is 0 Å². The van der Waals surface area contributed by atoms with Gasteiger partial charge in [-0.15, -0.1) is 0 Å². The van der Waals surface area contributed by atoms with E-state index in [2.05, 4.69) is 4.74 Å². The van der Waals surface area contributed by atoms with Crippen molar-refractivity contribution >= 4 is 5.97 Å². The van der Waals surface area contributed by atoms with Crippen LogP contribution in [-0.4, -0.2) is 52.6 Å². The second-order valence-corrected chi connectivity index (χ2v) is 3.90. The van der Waals surface area contributed by atoms with Crippen LogP contribution >= 0.6 is 0 Å². The third-order valence-corrected chi connectivity index (χ3v) is 2.78. The minimum absolute atomic E-state index is 0.0340. The Bertz CT molecular complexity index is 244. The number of carbonyl (C=O) groups excluding carboxylic acids is 1. The summed E-state index contributed by atoms with van der Waals surface area (Å²) in [6.45, 7) is 0.710. The second-order valence-electron chi connectivity index (χ2n) is 3.90. The maximum atomic E-state index is 11.3. The number of ether oxygens (including phenoxy) is 5. The van der Waals surface area contributed by atoms with Crippen LogP contribution in [-0.2, 0) is 28.5 Å². The standard InChI is InChI=1S/C11H20O6/c1-13-8-16-9-4-5-17-11(6-9,15-3)7-10(12)14-2/h9H,4-8H2,1-3H3/t9-,11+/m1/s1. The lowest BCUT2D eigenvalue weighted by molar-refractivity contribution is -0.271. The largest absolute Gasteiger partial charge is 0.469 e. The monoisotopic (exact) mass is 248 g/mol. The van der Waals surface area contributed by atoms with Gasteiger partial charge in [-0.25, -0.2) is 0 Å². The van der Waals surface area contributed by atoms with Crippen molar-refractivity contribution < 1.29 is 28.5 Å². The van der Waals surface area contributed by atoms with Crippen molar-refractivity contribution in [2.75, 3.05) is 34.7 Å². The van der Waals surface area contributed by atoms with Gasteiger partial charge in [-0.3, -0.25) is 4.79 Å². The molecule has 0 aromatic heterocycles. The first-order valence-corrected chi connectivity index (χ1v) is 5.52. The molecule has 2 atom stereocenters. The van der Waals surface area contributed by atoms with Gasteiger partial charge in [-0.05, 0) is 6.42 Å². The van der Waals surface area contributed by atoms with Crippen LogP contribution in [0, 0.1) is 0 Å². The van der Waals surface area contributed by atoms with Crippen molar-refractivity contribution in [2.24, 2.45) is 0 Å². The molecule has 1 heterocycles. The highest BCUT2D eigenvalue weighted by Crippen LogP contribution is 2.31. The Morgan fingerprint density at radius 3 is 2.76 bits per heavy atom. The predicted octanol–water partition coefficient (Wildman–Crippen LogP) is 0.692. The van der Waals surface area contributed by atoms with Gasteiger partial charge in [-0.1, -0.05) is 0 Å². The van der Waals surface area contributed by atoms with Gasteiger partial charge in [0.2, 0.25) is 0 Å². The second kappa shape index (κ2) is 6.90. The summed E-state index contributed by atoms with van der Waals surface area (Å²) in [7, 11) is 4.42. The molecule has 0 amide bonds. The molecular weight excluding hydrogens is 228 g/mol. The van der Waals surface area contributed by atoms with Crippen LogP contribution in [0.4, 0.5) is 0 Å². The molecule has 1 saturated heterocycles. The van der Waals surface area contributed by atoms with E-state index in [1.54, 1.807) is 7.11 Å². The van der Waals surface area contributed by atoms with E-state index in [0.717, 1.165) is 6.42 Å². The molecule has 0 unspecified atom stereocenters. The Labute approximate surface area is 101 Å². The Balaban J connectivity index is 2.55.